The molecular weight excluding hydrogens is 208 g/mol. The number of aryl methyl sites for hydroxylation is 2. The van der Waals surface area contributed by atoms with Gasteiger partial charge in [-0.05, 0) is 48.8 Å². The summed E-state index contributed by atoms with van der Waals surface area (Å²) in [5, 5.41) is 10.6. The summed E-state index contributed by atoms with van der Waals surface area (Å²) in [5.41, 5.74) is 3.99. The van der Waals surface area contributed by atoms with E-state index in [4.69, 9.17) is 0 Å². The van der Waals surface area contributed by atoms with Crippen molar-refractivity contribution in [3.05, 3.63) is 34.9 Å². The van der Waals surface area contributed by atoms with E-state index >= 15 is 0 Å². The van der Waals surface area contributed by atoms with Gasteiger partial charge in [-0.1, -0.05) is 37.5 Å². The summed E-state index contributed by atoms with van der Waals surface area (Å²) in [4.78, 5) is 0. The summed E-state index contributed by atoms with van der Waals surface area (Å²) in [5.74, 6) is 0. The van der Waals surface area contributed by atoms with Crippen molar-refractivity contribution < 1.29 is 5.11 Å². The van der Waals surface area contributed by atoms with Crippen LogP contribution in [0.15, 0.2) is 18.2 Å². The molecule has 1 aromatic rings. The summed E-state index contributed by atoms with van der Waals surface area (Å²) < 4.78 is 0. The van der Waals surface area contributed by atoms with Gasteiger partial charge in [0.05, 0.1) is 5.60 Å². The molecule has 0 radical (unpaired) electrons. The Labute approximate surface area is 104 Å². The largest absolute Gasteiger partial charge is 0.390 e. The molecule has 17 heavy (non-hydrogen) atoms. The maximum atomic E-state index is 10.6. The number of hydrogen-bond donors (Lipinski definition) is 1. The van der Waals surface area contributed by atoms with Gasteiger partial charge in [-0.3, -0.25) is 0 Å². The summed E-state index contributed by atoms with van der Waals surface area (Å²) in [6.45, 7) is 0. The molecule has 2 aliphatic carbocycles. The molecule has 0 aliphatic heterocycles. The molecule has 2 aliphatic rings. The topological polar surface area (TPSA) is 20.2 Å². The van der Waals surface area contributed by atoms with Crippen molar-refractivity contribution in [1.82, 2.24) is 0 Å². The lowest BCUT2D eigenvalue weighted by Gasteiger charge is -2.32. The Bertz CT molecular complexity index is 402. The van der Waals surface area contributed by atoms with Gasteiger partial charge in [0.2, 0.25) is 0 Å². The van der Waals surface area contributed by atoms with Crippen molar-refractivity contribution in [1.29, 1.82) is 0 Å². The number of rotatable bonds is 2. The van der Waals surface area contributed by atoms with Crippen LogP contribution in [-0.2, 0) is 19.3 Å². The van der Waals surface area contributed by atoms with Crippen LogP contribution < -0.4 is 0 Å². The Morgan fingerprint density at radius 2 is 1.71 bits per heavy atom. The van der Waals surface area contributed by atoms with Crippen LogP contribution in [0.1, 0.15) is 55.2 Å². The van der Waals surface area contributed by atoms with E-state index in [0.29, 0.717) is 0 Å². The van der Waals surface area contributed by atoms with Crippen molar-refractivity contribution in [3.8, 4) is 0 Å². The first kappa shape index (κ1) is 11.3. The zero-order valence-corrected chi connectivity index (χ0v) is 10.5. The second-order valence-electron chi connectivity index (χ2n) is 5.92. The van der Waals surface area contributed by atoms with Crippen LogP contribution in [0.25, 0.3) is 0 Å². The average molecular weight is 230 g/mol. The van der Waals surface area contributed by atoms with Gasteiger partial charge in [0.25, 0.3) is 0 Å². The summed E-state index contributed by atoms with van der Waals surface area (Å²) in [6, 6.07) is 6.86. The van der Waals surface area contributed by atoms with E-state index in [0.717, 1.165) is 19.3 Å². The van der Waals surface area contributed by atoms with E-state index in [1.54, 1.807) is 0 Å². The smallest absolute Gasteiger partial charge is 0.0688 e. The molecule has 0 bridgehead atoms. The molecule has 0 aromatic heterocycles. The fraction of sp³-hybridized carbons (Fsp3) is 0.625. The van der Waals surface area contributed by atoms with E-state index < -0.39 is 5.60 Å². The highest BCUT2D eigenvalue weighted by Crippen LogP contribution is 2.32. The van der Waals surface area contributed by atoms with E-state index in [1.807, 2.05) is 0 Å². The van der Waals surface area contributed by atoms with Crippen LogP contribution in [0.2, 0.25) is 0 Å². The Hall–Kier alpha value is -0.820. The molecule has 1 nitrogen and oxygen atoms in total. The van der Waals surface area contributed by atoms with Crippen LogP contribution in [-0.4, -0.2) is 10.7 Å². The average Bonchev–Trinajstić information content (AvgIpc) is 2.76. The highest BCUT2D eigenvalue weighted by molar-refractivity contribution is 5.35. The maximum absolute atomic E-state index is 10.6. The van der Waals surface area contributed by atoms with E-state index in [1.165, 1.54) is 55.2 Å². The lowest BCUT2D eigenvalue weighted by Crippen LogP contribution is -2.33. The molecule has 0 spiro atoms. The minimum atomic E-state index is -0.412. The predicted molar refractivity (Wildman–Crippen MR) is 70.2 cm³/mol. The van der Waals surface area contributed by atoms with Gasteiger partial charge in [0.1, 0.15) is 0 Å². The van der Waals surface area contributed by atoms with Gasteiger partial charge in [0, 0.05) is 6.42 Å². The molecule has 0 atom stereocenters. The quantitative estimate of drug-likeness (QED) is 0.825. The lowest BCUT2D eigenvalue weighted by molar-refractivity contribution is 0.00448. The molecule has 1 N–H and O–H groups in total. The fourth-order valence-corrected chi connectivity index (χ4v) is 3.50. The normalized spacial score (nSPS) is 22.4. The van der Waals surface area contributed by atoms with Crippen LogP contribution in [0.3, 0.4) is 0 Å². The van der Waals surface area contributed by atoms with Gasteiger partial charge >= 0.3 is 0 Å². The summed E-state index contributed by atoms with van der Waals surface area (Å²) in [7, 11) is 0. The third kappa shape index (κ3) is 2.40. The predicted octanol–water partition coefficient (Wildman–Crippen LogP) is 3.41. The molecule has 1 heteroatoms. The Balaban J connectivity index is 1.76. The molecule has 0 heterocycles. The van der Waals surface area contributed by atoms with E-state index in [2.05, 4.69) is 18.2 Å². The molecule has 0 saturated heterocycles. The van der Waals surface area contributed by atoms with Crippen LogP contribution in [0.5, 0.6) is 0 Å². The molecule has 1 aromatic carbocycles. The van der Waals surface area contributed by atoms with Gasteiger partial charge in [-0.15, -0.1) is 0 Å². The van der Waals surface area contributed by atoms with Crippen molar-refractivity contribution in [2.24, 2.45) is 0 Å². The first-order valence-corrected chi connectivity index (χ1v) is 7.08. The molecule has 0 amide bonds. The zero-order valence-electron chi connectivity index (χ0n) is 10.5. The van der Waals surface area contributed by atoms with Gasteiger partial charge in [-0.25, -0.2) is 0 Å². The summed E-state index contributed by atoms with van der Waals surface area (Å²) in [6.07, 6.45) is 10.3. The lowest BCUT2D eigenvalue weighted by atomic mass is 9.80. The maximum Gasteiger partial charge on any atom is 0.0688 e. The second-order valence-corrected chi connectivity index (χ2v) is 5.92. The third-order valence-corrected chi connectivity index (χ3v) is 4.48. The molecule has 92 valence electrons. The molecule has 1 saturated carbocycles. The van der Waals surface area contributed by atoms with Gasteiger partial charge < -0.3 is 5.11 Å². The number of benzene rings is 1. The highest BCUT2D eigenvalue weighted by Gasteiger charge is 2.29. The van der Waals surface area contributed by atoms with E-state index in [-0.39, 0.29) is 0 Å². The molecular formula is C16H22O. The monoisotopic (exact) mass is 230 g/mol. The van der Waals surface area contributed by atoms with Crippen molar-refractivity contribution in [2.45, 2.75) is 63.4 Å². The van der Waals surface area contributed by atoms with Crippen molar-refractivity contribution in [2.75, 3.05) is 0 Å². The van der Waals surface area contributed by atoms with Crippen molar-refractivity contribution in [3.63, 3.8) is 0 Å². The minimum absolute atomic E-state index is 0.412. The third-order valence-electron chi connectivity index (χ3n) is 4.48. The number of hydrogen-bond acceptors (Lipinski definition) is 1. The Morgan fingerprint density at radius 1 is 0.941 bits per heavy atom. The molecule has 0 unspecified atom stereocenters. The Kier molecular flexibility index (Phi) is 2.96. The molecule has 1 fully saturated rings. The first-order valence-electron chi connectivity index (χ1n) is 7.08. The van der Waals surface area contributed by atoms with Crippen LogP contribution in [0.4, 0.5) is 0 Å². The number of fused-ring (bicyclic) bond motifs is 1. The van der Waals surface area contributed by atoms with E-state index in [9.17, 15) is 5.11 Å². The van der Waals surface area contributed by atoms with Crippen LogP contribution >= 0.6 is 0 Å². The molecule has 3 rings (SSSR count). The van der Waals surface area contributed by atoms with Crippen molar-refractivity contribution >= 4 is 0 Å². The van der Waals surface area contributed by atoms with Crippen LogP contribution in [0, 0.1) is 0 Å². The zero-order chi connectivity index (χ0) is 11.7. The standard InChI is InChI=1S/C16H22O/c17-16(9-2-1-3-10-16)12-13-7-8-14-5-4-6-15(14)11-13/h7-8,11,17H,1-6,9-10,12H2. The second kappa shape index (κ2) is 4.45. The SMILES string of the molecule is OC1(Cc2ccc3c(c2)CCC3)CCCCC1. The fourth-order valence-electron chi connectivity index (χ4n) is 3.50. The first-order chi connectivity index (χ1) is 8.25. The van der Waals surface area contributed by atoms with Gasteiger partial charge in [-0.2, -0.15) is 0 Å². The van der Waals surface area contributed by atoms with Gasteiger partial charge in [0.15, 0.2) is 0 Å². The summed E-state index contributed by atoms with van der Waals surface area (Å²) >= 11 is 0. The number of aliphatic hydroxyl groups is 1. The Morgan fingerprint density at radius 3 is 2.53 bits per heavy atom. The highest BCUT2D eigenvalue weighted by atomic mass is 16.3. The minimum Gasteiger partial charge on any atom is -0.390 e.